The summed E-state index contributed by atoms with van der Waals surface area (Å²) in [5.74, 6) is 0.372. The fourth-order valence-corrected chi connectivity index (χ4v) is 2.07. The van der Waals surface area contributed by atoms with E-state index in [9.17, 15) is 4.55 Å². The highest BCUT2D eigenvalue weighted by atomic mass is 32.2. The van der Waals surface area contributed by atoms with E-state index >= 15 is 0 Å². The zero-order valence-electron chi connectivity index (χ0n) is 9.13. The molecular formula is C11H17NOS. The third kappa shape index (κ3) is 2.22. The molecule has 1 unspecified atom stereocenters. The Kier molecular flexibility index (Phi) is 3.45. The molecular weight excluding hydrogens is 194 g/mol. The minimum absolute atomic E-state index is 0.372. The molecule has 14 heavy (non-hydrogen) atoms. The number of nitrogen functional groups attached to an aromatic ring is 1. The Morgan fingerprint density at radius 3 is 2.36 bits per heavy atom. The van der Waals surface area contributed by atoms with Crippen LogP contribution in [0.1, 0.15) is 30.9 Å². The van der Waals surface area contributed by atoms with Gasteiger partial charge in [0, 0.05) is 5.69 Å². The second kappa shape index (κ2) is 4.24. The number of benzene rings is 1. The molecule has 0 aliphatic carbocycles. The minimum atomic E-state index is -0.930. The van der Waals surface area contributed by atoms with E-state index in [1.807, 2.05) is 19.1 Å². The van der Waals surface area contributed by atoms with E-state index in [1.165, 1.54) is 0 Å². The number of rotatable bonds is 2. The molecule has 0 saturated heterocycles. The van der Waals surface area contributed by atoms with Crippen molar-refractivity contribution in [3.8, 4) is 0 Å². The Morgan fingerprint density at radius 2 is 1.93 bits per heavy atom. The van der Waals surface area contributed by atoms with Crippen LogP contribution in [-0.4, -0.2) is 10.8 Å². The van der Waals surface area contributed by atoms with Crippen LogP contribution < -0.4 is 5.73 Å². The molecule has 0 spiro atoms. The summed E-state index contributed by atoms with van der Waals surface area (Å²) >= 11 is -0.930. The molecule has 2 N–H and O–H groups in total. The highest BCUT2D eigenvalue weighted by Crippen LogP contribution is 2.28. The van der Waals surface area contributed by atoms with Gasteiger partial charge in [-0.05, 0) is 47.3 Å². The Balaban J connectivity index is 3.28. The maximum absolute atomic E-state index is 11.4. The number of nitrogens with two attached hydrogens (primary N) is 1. The van der Waals surface area contributed by atoms with E-state index < -0.39 is 11.2 Å². The topological polar surface area (TPSA) is 49.1 Å². The lowest BCUT2D eigenvalue weighted by atomic mass is 9.99. The molecule has 78 valence electrons. The first-order valence-corrected chi connectivity index (χ1v) is 6.22. The van der Waals surface area contributed by atoms with Crippen LogP contribution in [0.25, 0.3) is 0 Å². The molecule has 0 aromatic heterocycles. The zero-order valence-corrected chi connectivity index (χ0v) is 9.94. The summed E-state index contributed by atoms with van der Waals surface area (Å²) in [6.07, 6.45) is 1.69. The van der Waals surface area contributed by atoms with Crippen molar-refractivity contribution in [2.24, 2.45) is 0 Å². The molecule has 0 radical (unpaired) electrons. The predicted octanol–water partition coefficient (Wildman–Crippen LogP) is 2.44. The lowest BCUT2D eigenvalue weighted by Gasteiger charge is -2.14. The monoisotopic (exact) mass is 211 g/mol. The van der Waals surface area contributed by atoms with Crippen molar-refractivity contribution in [3.63, 3.8) is 0 Å². The van der Waals surface area contributed by atoms with E-state index in [1.54, 1.807) is 6.26 Å². The van der Waals surface area contributed by atoms with Gasteiger partial charge in [-0.2, -0.15) is 0 Å². The Labute approximate surface area is 88.7 Å². The molecule has 3 heteroatoms. The Hall–Kier alpha value is -0.670. The van der Waals surface area contributed by atoms with Crippen molar-refractivity contribution in [2.45, 2.75) is 31.6 Å². The van der Waals surface area contributed by atoms with Crippen molar-refractivity contribution in [1.29, 1.82) is 0 Å². The van der Waals surface area contributed by atoms with E-state index in [0.717, 1.165) is 21.7 Å². The standard InChI is InChI=1S/C11H17NOS/c1-7(2)10-6-9(14(4)13)5-8(3)11(10)12/h5-7H,12H2,1-4H3. The zero-order chi connectivity index (χ0) is 10.9. The molecule has 2 nitrogen and oxygen atoms in total. The van der Waals surface area contributed by atoms with E-state index in [4.69, 9.17) is 5.73 Å². The molecule has 0 bridgehead atoms. The first-order valence-electron chi connectivity index (χ1n) is 4.67. The third-order valence-electron chi connectivity index (χ3n) is 2.35. The predicted molar refractivity (Wildman–Crippen MR) is 62.0 cm³/mol. The maximum atomic E-state index is 11.4. The summed E-state index contributed by atoms with van der Waals surface area (Å²) in [7, 11) is 0. The van der Waals surface area contributed by atoms with Crippen molar-refractivity contribution in [3.05, 3.63) is 23.3 Å². The van der Waals surface area contributed by atoms with Gasteiger partial charge in [0.15, 0.2) is 4.90 Å². The van der Waals surface area contributed by atoms with Crippen LogP contribution in [0, 0.1) is 6.92 Å². The molecule has 0 heterocycles. The lowest BCUT2D eigenvalue weighted by Crippen LogP contribution is -2.04. The lowest BCUT2D eigenvalue weighted by molar-refractivity contribution is 0.600. The largest absolute Gasteiger partial charge is 0.612 e. The Morgan fingerprint density at radius 1 is 1.36 bits per heavy atom. The summed E-state index contributed by atoms with van der Waals surface area (Å²) in [6, 6.07) is 3.85. The van der Waals surface area contributed by atoms with Crippen LogP contribution in [-0.2, 0) is 11.2 Å². The van der Waals surface area contributed by atoms with Crippen LogP contribution in [0.5, 0.6) is 0 Å². The van der Waals surface area contributed by atoms with Gasteiger partial charge in [-0.3, -0.25) is 0 Å². The fourth-order valence-electron chi connectivity index (χ4n) is 1.44. The molecule has 1 atom stereocenters. The fraction of sp³-hybridized carbons (Fsp3) is 0.455. The van der Waals surface area contributed by atoms with Gasteiger partial charge < -0.3 is 10.3 Å². The normalized spacial score (nSPS) is 13.3. The molecule has 0 amide bonds. The van der Waals surface area contributed by atoms with E-state index in [2.05, 4.69) is 13.8 Å². The summed E-state index contributed by atoms with van der Waals surface area (Å²) in [6.45, 7) is 6.14. The SMILES string of the molecule is Cc1cc([S+](C)[O-])cc(C(C)C)c1N. The second-order valence-corrected chi connectivity index (χ2v) is 5.23. The summed E-state index contributed by atoms with van der Waals surface area (Å²) < 4.78 is 11.4. The molecule has 0 aliphatic heterocycles. The van der Waals surface area contributed by atoms with Crippen LogP contribution in [0.3, 0.4) is 0 Å². The van der Waals surface area contributed by atoms with Crippen molar-refractivity contribution >= 4 is 16.9 Å². The molecule has 0 fully saturated rings. The number of hydrogen-bond donors (Lipinski definition) is 1. The molecule has 1 aromatic carbocycles. The average Bonchev–Trinajstić information content (AvgIpc) is 2.08. The number of aryl methyl sites for hydroxylation is 1. The van der Waals surface area contributed by atoms with E-state index in [-0.39, 0.29) is 0 Å². The summed E-state index contributed by atoms with van der Waals surface area (Å²) in [5.41, 5.74) is 8.89. The molecule has 0 aliphatic rings. The highest BCUT2D eigenvalue weighted by Gasteiger charge is 2.13. The van der Waals surface area contributed by atoms with Crippen molar-refractivity contribution < 1.29 is 4.55 Å². The van der Waals surface area contributed by atoms with Crippen molar-refractivity contribution in [2.75, 3.05) is 12.0 Å². The van der Waals surface area contributed by atoms with Gasteiger partial charge >= 0.3 is 0 Å². The molecule has 0 saturated carbocycles. The van der Waals surface area contributed by atoms with Gasteiger partial charge in [0.1, 0.15) is 6.26 Å². The van der Waals surface area contributed by atoms with Crippen LogP contribution >= 0.6 is 0 Å². The molecule has 1 rings (SSSR count). The van der Waals surface area contributed by atoms with E-state index in [0.29, 0.717) is 5.92 Å². The third-order valence-corrected chi connectivity index (χ3v) is 3.25. The minimum Gasteiger partial charge on any atom is -0.612 e. The number of anilines is 1. The van der Waals surface area contributed by atoms with Crippen LogP contribution in [0.15, 0.2) is 17.0 Å². The number of hydrogen-bond acceptors (Lipinski definition) is 2. The first kappa shape index (κ1) is 11.4. The maximum Gasteiger partial charge on any atom is 0.153 e. The second-order valence-electron chi connectivity index (χ2n) is 3.85. The van der Waals surface area contributed by atoms with Gasteiger partial charge in [-0.15, -0.1) is 0 Å². The average molecular weight is 211 g/mol. The van der Waals surface area contributed by atoms with Gasteiger partial charge in [-0.25, -0.2) is 0 Å². The highest BCUT2D eigenvalue weighted by molar-refractivity contribution is 7.90. The quantitative estimate of drug-likeness (QED) is 0.603. The van der Waals surface area contributed by atoms with Gasteiger partial charge in [-0.1, -0.05) is 13.8 Å². The first-order chi connectivity index (χ1) is 6.43. The van der Waals surface area contributed by atoms with Crippen LogP contribution in [0.2, 0.25) is 0 Å². The van der Waals surface area contributed by atoms with Gasteiger partial charge in [0.05, 0.1) is 0 Å². The summed E-state index contributed by atoms with van der Waals surface area (Å²) in [4.78, 5) is 0.861. The van der Waals surface area contributed by atoms with Crippen molar-refractivity contribution in [1.82, 2.24) is 0 Å². The molecule has 1 aromatic rings. The smallest absolute Gasteiger partial charge is 0.153 e. The Bertz CT molecular complexity index is 334. The van der Waals surface area contributed by atoms with Gasteiger partial charge in [0.25, 0.3) is 0 Å². The van der Waals surface area contributed by atoms with Gasteiger partial charge in [0.2, 0.25) is 0 Å². The van der Waals surface area contributed by atoms with Crippen LogP contribution in [0.4, 0.5) is 5.69 Å². The summed E-state index contributed by atoms with van der Waals surface area (Å²) in [5, 5.41) is 0.